The molecule has 0 bridgehead atoms. The largest absolute Gasteiger partial charge is 0.481 e. The van der Waals surface area contributed by atoms with E-state index in [2.05, 4.69) is 6.07 Å². The fourth-order valence-corrected chi connectivity index (χ4v) is 3.11. The minimum atomic E-state index is -0.537. The van der Waals surface area contributed by atoms with E-state index in [1.165, 1.54) is 0 Å². The van der Waals surface area contributed by atoms with Crippen molar-refractivity contribution < 1.29 is 19.1 Å². The van der Waals surface area contributed by atoms with Crippen LogP contribution in [0.4, 0.5) is 0 Å². The van der Waals surface area contributed by atoms with Crippen molar-refractivity contribution in [2.24, 2.45) is 5.92 Å². The highest BCUT2D eigenvalue weighted by Crippen LogP contribution is 2.21. The Morgan fingerprint density at radius 2 is 1.75 bits per heavy atom. The van der Waals surface area contributed by atoms with Gasteiger partial charge in [-0.25, -0.2) is 0 Å². The molecule has 24 heavy (non-hydrogen) atoms. The molecule has 1 aliphatic rings. The van der Waals surface area contributed by atoms with Crippen LogP contribution in [-0.4, -0.2) is 42.6 Å². The number of aryl methyl sites for hydroxylation is 2. The SMILES string of the molecule is CCOC(=O)C1CCN(C(=O)C(C)Oc2cc(C)cc(C)c2)CC1. The van der Waals surface area contributed by atoms with E-state index in [0.29, 0.717) is 32.5 Å². The van der Waals surface area contributed by atoms with Gasteiger partial charge in [-0.2, -0.15) is 0 Å². The molecule has 2 rings (SSSR count). The summed E-state index contributed by atoms with van der Waals surface area (Å²) in [6, 6.07) is 5.94. The fourth-order valence-electron chi connectivity index (χ4n) is 3.11. The van der Waals surface area contributed by atoms with E-state index in [-0.39, 0.29) is 17.8 Å². The molecule has 1 atom stereocenters. The number of amides is 1. The van der Waals surface area contributed by atoms with Crippen molar-refractivity contribution in [3.8, 4) is 5.75 Å². The molecule has 0 aliphatic carbocycles. The van der Waals surface area contributed by atoms with Gasteiger partial charge in [-0.05, 0) is 63.8 Å². The molecule has 0 spiro atoms. The number of esters is 1. The Morgan fingerprint density at radius 1 is 1.17 bits per heavy atom. The summed E-state index contributed by atoms with van der Waals surface area (Å²) in [4.78, 5) is 26.1. The third-order valence-corrected chi connectivity index (χ3v) is 4.28. The zero-order valence-electron chi connectivity index (χ0n) is 15.0. The lowest BCUT2D eigenvalue weighted by Crippen LogP contribution is -2.45. The third-order valence-electron chi connectivity index (χ3n) is 4.28. The van der Waals surface area contributed by atoms with Gasteiger partial charge in [0.1, 0.15) is 5.75 Å². The van der Waals surface area contributed by atoms with Gasteiger partial charge in [0.25, 0.3) is 5.91 Å². The zero-order chi connectivity index (χ0) is 17.7. The van der Waals surface area contributed by atoms with Crippen LogP contribution in [0.3, 0.4) is 0 Å². The first kappa shape index (κ1) is 18.3. The fraction of sp³-hybridized carbons (Fsp3) is 0.579. The minimum Gasteiger partial charge on any atom is -0.481 e. The summed E-state index contributed by atoms with van der Waals surface area (Å²) in [6.45, 7) is 9.14. The Bertz CT molecular complexity index is 571. The maximum Gasteiger partial charge on any atom is 0.309 e. The lowest BCUT2D eigenvalue weighted by Gasteiger charge is -2.32. The maximum atomic E-state index is 12.6. The number of rotatable bonds is 5. The average Bonchev–Trinajstić information content (AvgIpc) is 2.53. The summed E-state index contributed by atoms with van der Waals surface area (Å²) in [5, 5.41) is 0. The second-order valence-corrected chi connectivity index (χ2v) is 6.44. The summed E-state index contributed by atoms with van der Waals surface area (Å²) >= 11 is 0. The Hall–Kier alpha value is -2.04. The van der Waals surface area contributed by atoms with Gasteiger partial charge < -0.3 is 14.4 Å². The van der Waals surface area contributed by atoms with Crippen LogP contribution in [0.2, 0.25) is 0 Å². The number of carbonyl (C=O) groups is 2. The smallest absolute Gasteiger partial charge is 0.309 e. The number of carbonyl (C=O) groups excluding carboxylic acids is 2. The van der Waals surface area contributed by atoms with Crippen LogP contribution in [0.25, 0.3) is 0 Å². The number of nitrogens with zero attached hydrogens (tertiary/aromatic N) is 1. The van der Waals surface area contributed by atoms with E-state index in [9.17, 15) is 9.59 Å². The van der Waals surface area contributed by atoms with Crippen molar-refractivity contribution in [3.63, 3.8) is 0 Å². The maximum absolute atomic E-state index is 12.6. The van der Waals surface area contributed by atoms with Crippen molar-refractivity contribution in [2.45, 2.75) is 46.6 Å². The van der Waals surface area contributed by atoms with Crippen LogP contribution in [0.1, 0.15) is 37.8 Å². The standard InChI is InChI=1S/C19H27NO4/c1-5-23-19(22)16-6-8-20(9-7-16)18(21)15(4)24-17-11-13(2)10-14(3)12-17/h10-12,15-16H,5-9H2,1-4H3. The van der Waals surface area contributed by atoms with E-state index in [1.807, 2.05) is 32.9 Å². The van der Waals surface area contributed by atoms with Gasteiger partial charge in [-0.1, -0.05) is 6.07 Å². The van der Waals surface area contributed by atoms with E-state index in [4.69, 9.17) is 9.47 Å². The molecular weight excluding hydrogens is 306 g/mol. The first-order valence-corrected chi connectivity index (χ1v) is 8.61. The molecular formula is C19H27NO4. The summed E-state index contributed by atoms with van der Waals surface area (Å²) < 4.78 is 10.9. The monoisotopic (exact) mass is 333 g/mol. The number of hydrogen-bond acceptors (Lipinski definition) is 4. The highest BCUT2D eigenvalue weighted by atomic mass is 16.5. The first-order valence-electron chi connectivity index (χ1n) is 8.61. The van der Waals surface area contributed by atoms with Crippen molar-refractivity contribution >= 4 is 11.9 Å². The highest BCUT2D eigenvalue weighted by Gasteiger charge is 2.30. The van der Waals surface area contributed by atoms with Crippen LogP contribution in [0, 0.1) is 19.8 Å². The number of benzene rings is 1. The van der Waals surface area contributed by atoms with Gasteiger partial charge in [-0.3, -0.25) is 9.59 Å². The Kier molecular flexibility index (Phi) is 6.23. The molecule has 0 aromatic heterocycles. The van der Waals surface area contributed by atoms with Gasteiger partial charge in [-0.15, -0.1) is 0 Å². The molecule has 0 radical (unpaired) electrons. The molecule has 1 unspecified atom stereocenters. The van der Waals surface area contributed by atoms with Crippen molar-refractivity contribution in [2.75, 3.05) is 19.7 Å². The van der Waals surface area contributed by atoms with Crippen molar-refractivity contribution in [3.05, 3.63) is 29.3 Å². The molecule has 5 heteroatoms. The number of ether oxygens (including phenoxy) is 2. The lowest BCUT2D eigenvalue weighted by atomic mass is 9.97. The van der Waals surface area contributed by atoms with Gasteiger partial charge in [0.2, 0.25) is 0 Å². The molecule has 132 valence electrons. The summed E-state index contributed by atoms with van der Waals surface area (Å²) in [7, 11) is 0. The predicted molar refractivity (Wildman–Crippen MR) is 91.9 cm³/mol. The summed E-state index contributed by atoms with van der Waals surface area (Å²) in [6.07, 6.45) is 0.771. The van der Waals surface area contributed by atoms with E-state index in [1.54, 1.807) is 11.8 Å². The Labute approximate surface area is 143 Å². The molecule has 0 N–H and O–H groups in total. The van der Waals surface area contributed by atoms with Crippen molar-refractivity contribution in [1.29, 1.82) is 0 Å². The van der Waals surface area contributed by atoms with E-state index >= 15 is 0 Å². The molecule has 1 aromatic carbocycles. The third kappa shape index (κ3) is 4.73. The van der Waals surface area contributed by atoms with Crippen LogP contribution < -0.4 is 4.74 Å². The molecule has 1 saturated heterocycles. The van der Waals surface area contributed by atoms with Gasteiger partial charge in [0.15, 0.2) is 6.10 Å². The molecule has 1 aliphatic heterocycles. The zero-order valence-corrected chi connectivity index (χ0v) is 15.0. The normalized spacial score (nSPS) is 16.6. The van der Waals surface area contributed by atoms with Crippen LogP contribution in [0.15, 0.2) is 18.2 Å². The molecule has 1 aromatic rings. The number of piperidine rings is 1. The van der Waals surface area contributed by atoms with E-state index < -0.39 is 6.10 Å². The second-order valence-electron chi connectivity index (χ2n) is 6.44. The lowest BCUT2D eigenvalue weighted by molar-refractivity contribution is -0.152. The first-order chi connectivity index (χ1) is 11.4. The second kappa shape index (κ2) is 8.18. The van der Waals surface area contributed by atoms with E-state index in [0.717, 1.165) is 16.9 Å². The quantitative estimate of drug-likeness (QED) is 0.778. The van der Waals surface area contributed by atoms with Crippen LogP contribution >= 0.6 is 0 Å². The minimum absolute atomic E-state index is 0.0310. The van der Waals surface area contributed by atoms with Crippen LogP contribution in [0.5, 0.6) is 5.75 Å². The topological polar surface area (TPSA) is 55.8 Å². The van der Waals surface area contributed by atoms with Crippen molar-refractivity contribution in [1.82, 2.24) is 4.90 Å². The molecule has 1 heterocycles. The summed E-state index contributed by atoms with van der Waals surface area (Å²) in [5.74, 6) is 0.444. The molecule has 1 amide bonds. The van der Waals surface area contributed by atoms with Gasteiger partial charge in [0.05, 0.1) is 12.5 Å². The average molecular weight is 333 g/mol. The molecule has 0 saturated carbocycles. The Balaban J connectivity index is 1.89. The number of likely N-dealkylation sites (tertiary alicyclic amines) is 1. The Morgan fingerprint density at radius 3 is 2.29 bits per heavy atom. The van der Waals surface area contributed by atoms with Crippen LogP contribution in [-0.2, 0) is 14.3 Å². The van der Waals surface area contributed by atoms with Gasteiger partial charge >= 0.3 is 5.97 Å². The molecule has 5 nitrogen and oxygen atoms in total. The predicted octanol–water partition coefficient (Wildman–Crippen LogP) is 2.87. The number of hydrogen-bond donors (Lipinski definition) is 0. The highest BCUT2D eigenvalue weighted by molar-refractivity contribution is 5.81. The molecule has 1 fully saturated rings. The van der Waals surface area contributed by atoms with Gasteiger partial charge in [0, 0.05) is 13.1 Å². The summed E-state index contributed by atoms with van der Waals surface area (Å²) in [5.41, 5.74) is 2.22.